The van der Waals surface area contributed by atoms with Crippen molar-refractivity contribution in [2.45, 2.75) is 6.54 Å². The molecule has 0 spiro atoms. The van der Waals surface area contributed by atoms with Gasteiger partial charge in [0, 0.05) is 28.7 Å². The van der Waals surface area contributed by atoms with Crippen LogP contribution in [0, 0.1) is 0 Å². The molecule has 3 heteroatoms. The van der Waals surface area contributed by atoms with Crippen LogP contribution in [-0.2, 0) is 6.54 Å². The van der Waals surface area contributed by atoms with E-state index in [1.165, 1.54) is 0 Å². The molecule has 0 radical (unpaired) electrons. The summed E-state index contributed by atoms with van der Waals surface area (Å²) >= 11 is 6.15. The number of aromatic hydroxyl groups is 1. The predicted octanol–water partition coefficient (Wildman–Crippen LogP) is 4.05. The van der Waals surface area contributed by atoms with Gasteiger partial charge in [-0.05, 0) is 35.9 Å². The third-order valence-electron chi connectivity index (χ3n) is 3.05. The number of aromatic nitrogens is 1. The minimum Gasteiger partial charge on any atom is -0.508 e. The van der Waals surface area contributed by atoms with E-state index in [2.05, 4.69) is 10.6 Å². The molecule has 1 aromatic heterocycles. The van der Waals surface area contributed by atoms with Gasteiger partial charge in [-0.3, -0.25) is 0 Å². The Morgan fingerprint density at radius 2 is 1.78 bits per heavy atom. The summed E-state index contributed by atoms with van der Waals surface area (Å²) < 4.78 is 2.15. The number of rotatable bonds is 2. The third-order valence-corrected chi connectivity index (χ3v) is 3.38. The van der Waals surface area contributed by atoms with Crippen LogP contribution in [0.15, 0.2) is 54.7 Å². The number of halogens is 1. The van der Waals surface area contributed by atoms with Crippen LogP contribution in [0.25, 0.3) is 10.9 Å². The van der Waals surface area contributed by atoms with Gasteiger partial charge in [0.1, 0.15) is 5.75 Å². The normalized spacial score (nSPS) is 10.9. The van der Waals surface area contributed by atoms with Crippen molar-refractivity contribution in [3.8, 4) is 5.75 Å². The molecule has 3 aromatic rings. The van der Waals surface area contributed by atoms with Crippen LogP contribution in [0.5, 0.6) is 5.75 Å². The Hall–Kier alpha value is -1.93. The summed E-state index contributed by atoms with van der Waals surface area (Å²) in [5.74, 6) is 0.291. The van der Waals surface area contributed by atoms with E-state index in [1.807, 2.05) is 36.5 Å². The van der Waals surface area contributed by atoms with Gasteiger partial charge in [-0.15, -0.1) is 0 Å². The number of hydrogen-bond donors (Lipinski definition) is 1. The number of fused-ring (bicyclic) bond motifs is 1. The molecule has 1 heterocycles. The standard InChI is InChI=1S/C15H12ClNO/c16-14-2-1-3-15-13(14)8-9-17(15)10-11-4-6-12(18)7-5-11/h1-9,18H,10H2. The SMILES string of the molecule is Oc1ccc(Cn2ccc3c(Cl)cccc32)cc1. The van der Waals surface area contributed by atoms with Crippen molar-refractivity contribution in [1.82, 2.24) is 4.57 Å². The molecule has 0 amide bonds. The first kappa shape index (κ1) is 11.2. The Labute approximate surface area is 110 Å². The highest BCUT2D eigenvalue weighted by molar-refractivity contribution is 6.35. The lowest BCUT2D eigenvalue weighted by Gasteiger charge is -2.06. The average molecular weight is 258 g/mol. The molecule has 2 nitrogen and oxygen atoms in total. The van der Waals surface area contributed by atoms with Gasteiger partial charge < -0.3 is 9.67 Å². The van der Waals surface area contributed by atoms with Gasteiger partial charge in [-0.2, -0.15) is 0 Å². The molecule has 0 aliphatic rings. The molecule has 3 rings (SSSR count). The van der Waals surface area contributed by atoms with Crippen molar-refractivity contribution in [2.75, 3.05) is 0 Å². The molecule has 2 aromatic carbocycles. The zero-order valence-corrected chi connectivity index (χ0v) is 10.4. The molecule has 0 aliphatic heterocycles. The maximum Gasteiger partial charge on any atom is 0.115 e. The first-order chi connectivity index (χ1) is 8.74. The van der Waals surface area contributed by atoms with Gasteiger partial charge in [-0.1, -0.05) is 29.8 Å². The first-order valence-electron chi connectivity index (χ1n) is 5.75. The van der Waals surface area contributed by atoms with Crippen LogP contribution in [0.1, 0.15) is 5.56 Å². The summed E-state index contributed by atoms with van der Waals surface area (Å²) in [6.45, 7) is 0.768. The quantitative estimate of drug-likeness (QED) is 0.736. The number of hydrogen-bond acceptors (Lipinski definition) is 1. The summed E-state index contributed by atoms with van der Waals surface area (Å²) in [6, 6.07) is 15.2. The van der Waals surface area contributed by atoms with Crippen molar-refractivity contribution >= 4 is 22.5 Å². The lowest BCUT2D eigenvalue weighted by Crippen LogP contribution is -1.97. The van der Waals surface area contributed by atoms with E-state index in [1.54, 1.807) is 12.1 Å². The monoisotopic (exact) mass is 257 g/mol. The lowest BCUT2D eigenvalue weighted by molar-refractivity contribution is 0.475. The minimum absolute atomic E-state index is 0.291. The largest absolute Gasteiger partial charge is 0.508 e. The molecule has 0 saturated carbocycles. The van der Waals surface area contributed by atoms with Crippen molar-refractivity contribution in [1.29, 1.82) is 0 Å². The molecule has 0 unspecified atom stereocenters. The van der Waals surface area contributed by atoms with E-state index in [-0.39, 0.29) is 0 Å². The lowest BCUT2D eigenvalue weighted by atomic mass is 10.2. The van der Waals surface area contributed by atoms with Crippen molar-refractivity contribution in [2.24, 2.45) is 0 Å². The molecular weight excluding hydrogens is 246 g/mol. The van der Waals surface area contributed by atoms with Crippen molar-refractivity contribution in [3.63, 3.8) is 0 Å². The van der Waals surface area contributed by atoms with Gasteiger partial charge in [0.15, 0.2) is 0 Å². The van der Waals surface area contributed by atoms with Gasteiger partial charge in [0.2, 0.25) is 0 Å². The van der Waals surface area contributed by atoms with Crippen molar-refractivity contribution in [3.05, 3.63) is 65.3 Å². The maximum absolute atomic E-state index is 9.27. The zero-order chi connectivity index (χ0) is 12.5. The fourth-order valence-electron chi connectivity index (χ4n) is 2.12. The second kappa shape index (κ2) is 4.39. The van der Waals surface area contributed by atoms with E-state index in [9.17, 15) is 5.11 Å². The Morgan fingerprint density at radius 3 is 2.56 bits per heavy atom. The zero-order valence-electron chi connectivity index (χ0n) is 9.68. The molecule has 90 valence electrons. The van der Waals surface area contributed by atoms with Crippen LogP contribution in [0.3, 0.4) is 0 Å². The van der Waals surface area contributed by atoms with E-state index in [0.29, 0.717) is 5.75 Å². The number of phenols is 1. The van der Waals surface area contributed by atoms with Gasteiger partial charge in [0.25, 0.3) is 0 Å². The number of nitrogens with zero attached hydrogens (tertiary/aromatic N) is 1. The molecule has 0 aliphatic carbocycles. The summed E-state index contributed by atoms with van der Waals surface area (Å²) in [4.78, 5) is 0. The van der Waals surface area contributed by atoms with Crippen LogP contribution in [-0.4, -0.2) is 9.67 Å². The van der Waals surface area contributed by atoms with E-state index in [4.69, 9.17) is 11.6 Å². The van der Waals surface area contributed by atoms with Crippen LogP contribution >= 0.6 is 11.6 Å². The minimum atomic E-state index is 0.291. The number of phenolic OH excluding ortho intramolecular Hbond substituents is 1. The summed E-state index contributed by atoms with van der Waals surface area (Å²) in [7, 11) is 0. The van der Waals surface area contributed by atoms with Crippen LogP contribution in [0.4, 0.5) is 0 Å². The fraction of sp³-hybridized carbons (Fsp3) is 0.0667. The van der Waals surface area contributed by atoms with Gasteiger partial charge >= 0.3 is 0 Å². The molecule has 0 fully saturated rings. The summed E-state index contributed by atoms with van der Waals surface area (Å²) in [5, 5.41) is 11.1. The maximum atomic E-state index is 9.27. The number of benzene rings is 2. The summed E-state index contributed by atoms with van der Waals surface area (Å²) in [6.07, 6.45) is 2.03. The topological polar surface area (TPSA) is 25.2 Å². The van der Waals surface area contributed by atoms with Gasteiger partial charge in [0.05, 0.1) is 0 Å². The smallest absolute Gasteiger partial charge is 0.115 e. The summed E-state index contributed by atoms with van der Waals surface area (Å²) in [5.41, 5.74) is 2.26. The highest BCUT2D eigenvalue weighted by Crippen LogP contribution is 2.25. The third kappa shape index (κ3) is 1.95. The van der Waals surface area contributed by atoms with Gasteiger partial charge in [-0.25, -0.2) is 0 Å². The molecular formula is C15H12ClNO. The predicted molar refractivity (Wildman–Crippen MR) is 74.2 cm³/mol. The van der Waals surface area contributed by atoms with Crippen LogP contribution in [0.2, 0.25) is 5.02 Å². The van der Waals surface area contributed by atoms with E-state index >= 15 is 0 Å². The average Bonchev–Trinajstić information content (AvgIpc) is 2.77. The molecule has 1 N–H and O–H groups in total. The second-order valence-electron chi connectivity index (χ2n) is 4.28. The fourth-order valence-corrected chi connectivity index (χ4v) is 2.35. The Bertz CT molecular complexity index is 685. The highest BCUT2D eigenvalue weighted by atomic mass is 35.5. The van der Waals surface area contributed by atoms with Crippen molar-refractivity contribution < 1.29 is 5.11 Å². The Kier molecular flexibility index (Phi) is 2.73. The molecule has 0 saturated heterocycles. The second-order valence-corrected chi connectivity index (χ2v) is 4.69. The first-order valence-corrected chi connectivity index (χ1v) is 6.13. The Balaban J connectivity index is 2.00. The van der Waals surface area contributed by atoms with E-state index < -0.39 is 0 Å². The molecule has 0 atom stereocenters. The van der Waals surface area contributed by atoms with E-state index in [0.717, 1.165) is 28.0 Å². The van der Waals surface area contributed by atoms with Crippen LogP contribution < -0.4 is 0 Å². The molecule has 18 heavy (non-hydrogen) atoms. The highest BCUT2D eigenvalue weighted by Gasteiger charge is 2.04. The Morgan fingerprint density at radius 1 is 1.00 bits per heavy atom. The molecule has 0 bridgehead atoms.